The molecule has 3 saturated carbocycles. The van der Waals surface area contributed by atoms with Crippen LogP contribution in [0.2, 0.25) is 0 Å². The van der Waals surface area contributed by atoms with E-state index in [1.165, 1.54) is 13.8 Å². The summed E-state index contributed by atoms with van der Waals surface area (Å²) in [7, 11) is 0. The molecular weight excluding hydrogens is 488 g/mol. The van der Waals surface area contributed by atoms with E-state index in [4.69, 9.17) is 18.9 Å². The number of ketones is 1. The van der Waals surface area contributed by atoms with Crippen molar-refractivity contribution in [2.24, 2.45) is 22.7 Å². The highest BCUT2D eigenvalue weighted by Gasteiger charge is 2.83. The predicted molar refractivity (Wildman–Crippen MR) is 123 cm³/mol. The van der Waals surface area contributed by atoms with Crippen molar-refractivity contribution in [2.45, 2.75) is 109 Å². The highest BCUT2D eigenvalue weighted by molar-refractivity contribution is 5.96. The lowest BCUT2D eigenvalue weighted by Crippen LogP contribution is -2.84. The molecule has 0 amide bonds. The van der Waals surface area contributed by atoms with E-state index < -0.39 is 93.9 Å². The number of aliphatic hydroxyl groups is 2. The van der Waals surface area contributed by atoms with Gasteiger partial charge in [-0.3, -0.25) is 24.0 Å². The number of fused-ring (bicyclic) bond motifs is 5. The number of Topliss-reactive ketones (excluding diaryl/α,β-unsaturated/α-hetero) is 1. The molecule has 9 unspecified atom stereocenters. The van der Waals surface area contributed by atoms with Gasteiger partial charge in [0.1, 0.15) is 17.8 Å². The lowest BCUT2D eigenvalue weighted by molar-refractivity contribution is -0.356. The van der Waals surface area contributed by atoms with E-state index in [2.05, 4.69) is 0 Å². The monoisotopic (exact) mass is 524 g/mol. The third-order valence-corrected chi connectivity index (χ3v) is 9.77. The number of esters is 4. The first-order chi connectivity index (χ1) is 16.9. The third kappa shape index (κ3) is 3.42. The first-order valence-corrected chi connectivity index (χ1v) is 12.6. The summed E-state index contributed by atoms with van der Waals surface area (Å²) in [6.07, 6.45) is -4.04. The van der Waals surface area contributed by atoms with Gasteiger partial charge in [-0.1, -0.05) is 20.8 Å². The molecule has 0 bridgehead atoms. The molecule has 1 saturated heterocycles. The van der Waals surface area contributed by atoms with Crippen molar-refractivity contribution >= 4 is 29.7 Å². The van der Waals surface area contributed by atoms with Crippen molar-refractivity contribution in [1.82, 2.24) is 0 Å². The number of rotatable bonds is 3. The molecule has 0 aromatic rings. The minimum atomic E-state index is -2.22. The highest BCUT2D eigenvalue weighted by Crippen LogP contribution is 2.70. The molecule has 11 nitrogen and oxygen atoms in total. The van der Waals surface area contributed by atoms with Gasteiger partial charge in [0, 0.05) is 38.5 Å². The second kappa shape index (κ2) is 8.23. The quantitative estimate of drug-likeness (QED) is 0.400. The molecule has 4 rings (SSSR count). The Morgan fingerprint density at radius 3 is 2.03 bits per heavy atom. The fourth-order valence-corrected chi connectivity index (χ4v) is 8.10. The van der Waals surface area contributed by atoms with Crippen molar-refractivity contribution < 1.29 is 53.1 Å². The van der Waals surface area contributed by atoms with Crippen LogP contribution in [0.3, 0.4) is 0 Å². The molecule has 2 N–H and O–H groups in total. The molecule has 11 heteroatoms. The van der Waals surface area contributed by atoms with Gasteiger partial charge < -0.3 is 29.2 Å². The molecule has 4 fully saturated rings. The normalized spacial score (nSPS) is 46.0. The molecule has 206 valence electrons. The molecule has 1 aliphatic heterocycles. The summed E-state index contributed by atoms with van der Waals surface area (Å²) in [5.74, 6) is -5.59. The highest BCUT2D eigenvalue weighted by atomic mass is 16.6. The number of hydrogen-bond acceptors (Lipinski definition) is 11. The Morgan fingerprint density at radius 2 is 1.49 bits per heavy atom. The zero-order chi connectivity index (χ0) is 27.9. The zero-order valence-electron chi connectivity index (χ0n) is 22.3. The van der Waals surface area contributed by atoms with E-state index >= 15 is 0 Å². The Bertz CT molecular complexity index is 1070. The van der Waals surface area contributed by atoms with Gasteiger partial charge in [0.2, 0.25) is 0 Å². The predicted octanol–water partition coefficient (Wildman–Crippen LogP) is 0.994. The first-order valence-electron chi connectivity index (χ1n) is 12.6. The Balaban J connectivity index is 2.06. The number of hydrogen-bond donors (Lipinski definition) is 2. The molecule has 3 aliphatic carbocycles. The van der Waals surface area contributed by atoms with Crippen LogP contribution in [-0.4, -0.2) is 75.0 Å². The van der Waals surface area contributed by atoms with Crippen LogP contribution < -0.4 is 0 Å². The van der Waals surface area contributed by atoms with E-state index in [1.54, 1.807) is 20.8 Å². The molecule has 4 aliphatic rings. The van der Waals surface area contributed by atoms with Crippen LogP contribution in [0.4, 0.5) is 0 Å². The molecule has 0 radical (unpaired) electrons. The summed E-state index contributed by atoms with van der Waals surface area (Å²) < 4.78 is 22.9. The van der Waals surface area contributed by atoms with E-state index in [1.807, 2.05) is 0 Å². The van der Waals surface area contributed by atoms with Gasteiger partial charge >= 0.3 is 23.9 Å². The van der Waals surface area contributed by atoms with Gasteiger partial charge in [0.15, 0.2) is 23.1 Å². The largest absolute Gasteiger partial charge is 0.462 e. The average Bonchev–Trinajstić information content (AvgIpc) is 2.99. The Hall–Kier alpha value is -2.53. The van der Waals surface area contributed by atoms with Crippen molar-refractivity contribution in [1.29, 1.82) is 0 Å². The maximum Gasteiger partial charge on any atom is 0.310 e. The van der Waals surface area contributed by atoms with Gasteiger partial charge in [-0.25, -0.2) is 0 Å². The lowest BCUT2D eigenvalue weighted by Gasteiger charge is -2.71. The summed E-state index contributed by atoms with van der Waals surface area (Å²) in [6.45, 7) is 10.1. The Labute approximate surface area is 215 Å². The maximum absolute atomic E-state index is 13.5. The van der Waals surface area contributed by atoms with Crippen molar-refractivity contribution in [2.75, 3.05) is 0 Å². The van der Waals surface area contributed by atoms with Crippen LogP contribution >= 0.6 is 0 Å². The van der Waals surface area contributed by atoms with Gasteiger partial charge in [-0.15, -0.1) is 0 Å². The third-order valence-electron chi connectivity index (χ3n) is 9.77. The summed E-state index contributed by atoms with van der Waals surface area (Å²) in [5.41, 5.74) is -8.50. The summed E-state index contributed by atoms with van der Waals surface area (Å²) in [5, 5.41) is 24.3. The minimum absolute atomic E-state index is 0.315. The van der Waals surface area contributed by atoms with Crippen LogP contribution in [0.1, 0.15) is 74.1 Å². The van der Waals surface area contributed by atoms with Crippen LogP contribution in [-0.2, 0) is 42.9 Å². The van der Waals surface area contributed by atoms with Gasteiger partial charge in [0.05, 0.1) is 6.42 Å². The molecule has 1 heterocycles. The second-order valence-electron chi connectivity index (χ2n) is 12.1. The molecular formula is C26H36O11. The molecule has 37 heavy (non-hydrogen) atoms. The first kappa shape index (κ1) is 27.5. The SMILES string of the molecule is CC(=O)OC1C2C(CC(=O)C3(O)CC(=O)OC23C)C2(C)C(OC(C)=O)CCC(C)(C)C2(O)C1OC(C)=O. The standard InChI is InChI=1S/C26H36O11/c1-12(27)34-17-8-9-22(4,5)26(33)21(36-14(3)29)20(35-13(2)28)19-15(23(17,26)6)10-16(30)25(32)11-18(31)37-24(19,25)7/h15,17,19-21,32-33H,8-11H2,1-7H3. The van der Waals surface area contributed by atoms with Crippen LogP contribution in [0.25, 0.3) is 0 Å². The summed E-state index contributed by atoms with van der Waals surface area (Å²) in [6, 6.07) is 0. The molecule has 9 atom stereocenters. The van der Waals surface area contributed by atoms with Crippen LogP contribution in [0.15, 0.2) is 0 Å². The van der Waals surface area contributed by atoms with E-state index in [0.717, 1.165) is 13.8 Å². The van der Waals surface area contributed by atoms with Gasteiger partial charge in [-0.2, -0.15) is 0 Å². The van der Waals surface area contributed by atoms with E-state index in [-0.39, 0.29) is 6.42 Å². The minimum Gasteiger partial charge on any atom is -0.462 e. The fourth-order valence-electron chi connectivity index (χ4n) is 8.10. The Morgan fingerprint density at radius 1 is 0.919 bits per heavy atom. The maximum atomic E-state index is 13.5. The van der Waals surface area contributed by atoms with E-state index in [0.29, 0.717) is 12.8 Å². The smallest absolute Gasteiger partial charge is 0.310 e. The number of ether oxygens (including phenoxy) is 4. The molecule has 0 aromatic carbocycles. The van der Waals surface area contributed by atoms with E-state index in [9.17, 15) is 34.2 Å². The Kier molecular flexibility index (Phi) is 6.12. The summed E-state index contributed by atoms with van der Waals surface area (Å²) in [4.78, 5) is 63.1. The fraction of sp³-hybridized carbons (Fsp3) is 0.808. The zero-order valence-corrected chi connectivity index (χ0v) is 22.3. The van der Waals surface area contributed by atoms with Gasteiger partial charge in [-0.05, 0) is 31.1 Å². The van der Waals surface area contributed by atoms with Crippen molar-refractivity contribution in [3.63, 3.8) is 0 Å². The molecule has 0 aromatic heterocycles. The van der Waals surface area contributed by atoms with Crippen molar-refractivity contribution in [3.8, 4) is 0 Å². The number of carbonyl (C=O) groups is 5. The number of carbonyl (C=O) groups excluding carboxylic acids is 5. The molecule has 0 spiro atoms. The average molecular weight is 525 g/mol. The van der Waals surface area contributed by atoms with Crippen molar-refractivity contribution in [3.05, 3.63) is 0 Å². The summed E-state index contributed by atoms with van der Waals surface area (Å²) >= 11 is 0. The van der Waals surface area contributed by atoms with Crippen LogP contribution in [0.5, 0.6) is 0 Å². The lowest BCUT2D eigenvalue weighted by atomic mass is 9.37. The van der Waals surface area contributed by atoms with Gasteiger partial charge in [0.25, 0.3) is 0 Å². The topological polar surface area (TPSA) is 163 Å². The second-order valence-corrected chi connectivity index (χ2v) is 12.1. The van der Waals surface area contributed by atoms with Crippen LogP contribution in [0, 0.1) is 22.7 Å².